The molecular weight excluding hydrogens is 408 g/mol. The minimum atomic E-state index is -0.446. The summed E-state index contributed by atoms with van der Waals surface area (Å²) < 4.78 is 0. The number of carbonyl (C=O) groups excluding carboxylic acids is 1. The van der Waals surface area contributed by atoms with E-state index >= 15 is 0 Å². The van der Waals surface area contributed by atoms with Crippen molar-refractivity contribution in [2.75, 3.05) is 0 Å². The van der Waals surface area contributed by atoms with Crippen LogP contribution in [0, 0.1) is 52.3 Å². The lowest BCUT2D eigenvalue weighted by atomic mass is 9.49. The summed E-state index contributed by atoms with van der Waals surface area (Å²) in [5.74, 6) is 4.50. The highest BCUT2D eigenvalue weighted by Crippen LogP contribution is 2.65. The molecule has 4 fully saturated rings. The van der Waals surface area contributed by atoms with Crippen molar-refractivity contribution in [2.24, 2.45) is 40.9 Å². The Hall–Kier alpha value is -1.86. The lowest BCUT2D eigenvalue weighted by molar-refractivity contribution is -0.101. The van der Waals surface area contributed by atoms with Gasteiger partial charge >= 0.3 is 0 Å². The number of carbonyl (C=O) groups is 1. The van der Waals surface area contributed by atoms with Crippen molar-refractivity contribution in [3.63, 3.8) is 0 Å². The molecule has 0 heterocycles. The van der Waals surface area contributed by atoms with Crippen LogP contribution in [0.5, 0.6) is 0 Å². The molecule has 4 aliphatic carbocycles. The molecule has 4 aliphatic rings. The number of hydrogen-bond donors (Lipinski definition) is 2. The first-order chi connectivity index (χ1) is 15.7. The zero-order valence-corrected chi connectivity index (χ0v) is 20.5. The predicted molar refractivity (Wildman–Crippen MR) is 129 cm³/mol. The van der Waals surface area contributed by atoms with E-state index in [1.165, 1.54) is 44.9 Å². The van der Waals surface area contributed by atoms with E-state index in [4.69, 9.17) is 5.26 Å². The van der Waals surface area contributed by atoms with Crippen LogP contribution in [0.4, 0.5) is 0 Å². The number of rotatable bonds is 3. The fourth-order valence-electron chi connectivity index (χ4n) is 9.03. The molecule has 4 saturated carbocycles. The Morgan fingerprint density at radius 1 is 1.03 bits per heavy atom. The molecule has 5 rings (SSSR count). The molecule has 0 radical (unpaired) electrons. The second-order valence-electron chi connectivity index (χ2n) is 12.4. The highest BCUT2D eigenvalue weighted by Gasteiger charge is 2.58. The fourth-order valence-corrected chi connectivity index (χ4v) is 9.03. The van der Waals surface area contributed by atoms with Gasteiger partial charge in [-0.1, -0.05) is 6.92 Å². The van der Waals surface area contributed by atoms with E-state index in [1.807, 2.05) is 6.92 Å². The third-order valence-corrected chi connectivity index (χ3v) is 10.5. The number of amides is 1. The quantitative estimate of drug-likeness (QED) is 0.623. The van der Waals surface area contributed by atoms with Gasteiger partial charge in [0.25, 0.3) is 5.91 Å². The molecule has 4 nitrogen and oxygen atoms in total. The van der Waals surface area contributed by atoms with Crippen LogP contribution >= 0.6 is 0 Å². The van der Waals surface area contributed by atoms with Gasteiger partial charge in [-0.2, -0.15) is 5.26 Å². The second kappa shape index (κ2) is 8.42. The van der Waals surface area contributed by atoms with E-state index in [2.05, 4.69) is 25.2 Å². The average molecular weight is 449 g/mol. The highest BCUT2D eigenvalue weighted by molar-refractivity contribution is 5.94. The van der Waals surface area contributed by atoms with Crippen LogP contribution in [0.2, 0.25) is 0 Å². The highest BCUT2D eigenvalue weighted by atomic mass is 16.3. The van der Waals surface area contributed by atoms with Crippen LogP contribution in [0.15, 0.2) is 24.3 Å². The normalized spacial score (nSPS) is 42.9. The summed E-state index contributed by atoms with van der Waals surface area (Å²) in [5.41, 5.74) is 1.08. The Morgan fingerprint density at radius 2 is 1.76 bits per heavy atom. The van der Waals surface area contributed by atoms with E-state index in [-0.39, 0.29) is 11.9 Å². The lowest BCUT2D eigenvalue weighted by Gasteiger charge is -2.57. The van der Waals surface area contributed by atoms with Gasteiger partial charge in [0.1, 0.15) is 0 Å². The Morgan fingerprint density at radius 3 is 2.48 bits per heavy atom. The summed E-state index contributed by atoms with van der Waals surface area (Å²) in [4.78, 5) is 12.9. The zero-order valence-electron chi connectivity index (χ0n) is 20.5. The van der Waals surface area contributed by atoms with Crippen molar-refractivity contribution < 1.29 is 9.90 Å². The van der Waals surface area contributed by atoms with Gasteiger partial charge in [0, 0.05) is 11.6 Å². The summed E-state index contributed by atoms with van der Waals surface area (Å²) in [6, 6.07) is 9.21. The van der Waals surface area contributed by atoms with Gasteiger partial charge in [-0.15, -0.1) is 0 Å². The molecule has 2 N–H and O–H groups in total. The van der Waals surface area contributed by atoms with Crippen LogP contribution in [0.3, 0.4) is 0 Å². The number of nitrogens with zero attached hydrogens (tertiary/aromatic N) is 1. The zero-order chi connectivity index (χ0) is 23.4. The van der Waals surface area contributed by atoms with E-state index in [0.717, 1.165) is 42.4 Å². The minimum Gasteiger partial charge on any atom is -0.390 e. The molecule has 0 aromatic heterocycles. The number of aliphatic hydroxyl groups is 1. The van der Waals surface area contributed by atoms with Crippen LogP contribution in [-0.4, -0.2) is 22.7 Å². The molecule has 178 valence electrons. The van der Waals surface area contributed by atoms with Crippen molar-refractivity contribution in [1.82, 2.24) is 5.32 Å². The Bertz CT molecular complexity index is 932. The second-order valence-corrected chi connectivity index (χ2v) is 12.4. The summed E-state index contributed by atoms with van der Waals surface area (Å²) in [5, 5.41) is 22.9. The molecule has 0 aliphatic heterocycles. The molecule has 9 atom stereocenters. The molecule has 1 aromatic carbocycles. The number of nitrogens with one attached hydrogen (secondary N) is 1. The molecule has 1 amide bonds. The first kappa shape index (κ1) is 22.9. The fraction of sp³-hybridized carbons (Fsp3) is 0.724. The van der Waals surface area contributed by atoms with Gasteiger partial charge < -0.3 is 10.4 Å². The van der Waals surface area contributed by atoms with Crippen LogP contribution < -0.4 is 5.32 Å². The van der Waals surface area contributed by atoms with Crippen LogP contribution in [0.25, 0.3) is 0 Å². The van der Waals surface area contributed by atoms with Crippen molar-refractivity contribution >= 4 is 5.91 Å². The van der Waals surface area contributed by atoms with Gasteiger partial charge in [0.05, 0.1) is 17.2 Å². The Labute approximate surface area is 199 Å². The van der Waals surface area contributed by atoms with Gasteiger partial charge in [0.15, 0.2) is 0 Å². The molecule has 0 saturated heterocycles. The van der Waals surface area contributed by atoms with E-state index in [1.54, 1.807) is 24.3 Å². The monoisotopic (exact) mass is 448 g/mol. The Balaban J connectivity index is 1.27. The lowest BCUT2D eigenvalue weighted by Crippen LogP contribution is -2.52. The maximum Gasteiger partial charge on any atom is 0.251 e. The molecule has 0 unspecified atom stereocenters. The number of benzene rings is 1. The third kappa shape index (κ3) is 4.01. The molecule has 4 heteroatoms. The van der Waals surface area contributed by atoms with Crippen molar-refractivity contribution in [1.29, 1.82) is 5.26 Å². The summed E-state index contributed by atoms with van der Waals surface area (Å²) in [6.45, 7) is 6.77. The maximum absolute atomic E-state index is 12.9. The SMILES string of the molecule is C[C@@H](NC(=O)c1ccc(C#N)cc1)[C@H]1CC[C@H]2[C@@H]3CC[C@@H]4C[C@](C)(O)CC[C@@H]4[C@H]3CC[C@]12C. The third-order valence-electron chi connectivity index (χ3n) is 10.5. The van der Waals surface area contributed by atoms with Crippen LogP contribution in [0.1, 0.15) is 94.5 Å². The largest absolute Gasteiger partial charge is 0.390 e. The number of hydrogen-bond acceptors (Lipinski definition) is 3. The van der Waals surface area contributed by atoms with Gasteiger partial charge in [0.2, 0.25) is 0 Å². The molecule has 1 aromatic rings. The summed E-state index contributed by atoms with van der Waals surface area (Å²) >= 11 is 0. The van der Waals surface area contributed by atoms with Crippen molar-refractivity contribution in [2.45, 2.75) is 90.2 Å². The summed E-state index contributed by atoms with van der Waals surface area (Å²) in [7, 11) is 0. The average Bonchev–Trinajstić information content (AvgIpc) is 3.15. The van der Waals surface area contributed by atoms with Gasteiger partial charge in [-0.3, -0.25) is 4.79 Å². The van der Waals surface area contributed by atoms with E-state index in [0.29, 0.717) is 22.5 Å². The maximum atomic E-state index is 12.9. The minimum absolute atomic E-state index is 0.0255. The summed E-state index contributed by atoms with van der Waals surface area (Å²) in [6.07, 6.45) is 10.9. The molecular formula is C29H40N2O2. The molecule has 33 heavy (non-hydrogen) atoms. The topological polar surface area (TPSA) is 73.1 Å². The van der Waals surface area contributed by atoms with Crippen molar-refractivity contribution in [3.8, 4) is 6.07 Å². The van der Waals surface area contributed by atoms with Crippen molar-refractivity contribution in [3.05, 3.63) is 35.4 Å². The first-order valence-corrected chi connectivity index (χ1v) is 13.3. The van der Waals surface area contributed by atoms with Gasteiger partial charge in [-0.05, 0) is 137 Å². The first-order valence-electron chi connectivity index (χ1n) is 13.3. The molecule has 0 spiro atoms. The number of nitriles is 1. The number of fused-ring (bicyclic) bond motifs is 5. The molecule has 0 bridgehead atoms. The van der Waals surface area contributed by atoms with E-state index in [9.17, 15) is 9.90 Å². The van der Waals surface area contributed by atoms with Crippen LogP contribution in [-0.2, 0) is 0 Å². The van der Waals surface area contributed by atoms with Gasteiger partial charge in [-0.25, -0.2) is 0 Å². The standard InChI is InChI=1S/C29H40N2O2/c1-18(31-27(32)20-6-4-19(17-30)5-7-20)25-10-11-26-24-9-8-21-16-28(2,33)14-12-22(21)23(24)13-15-29(25,26)3/h4-7,18,21-26,33H,8-16H2,1-3H3,(H,31,32)/t18-,21-,22+,23-,24-,25-,26+,28-,29-/m1/s1. The Kier molecular flexibility index (Phi) is 5.84. The van der Waals surface area contributed by atoms with E-state index < -0.39 is 5.60 Å². The predicted octanol–water partition coefficient (Wildman–Crippen LogP) is 5.70. The smallest absolute Gasteiger partial charge is 0.251 e.